The van der Waals surface area contributed by atoms with Gasteiger partial charge < -0.3 is 10.5 Å². The largest absolute Gasteiger partial charge is 0.377 e. The van der Waals surface area contributed by atoms with Crippen molar-refractivity contribution in [1.29, 1.82) is 0 Å². The third-order valence-corrected chi connectivity index (χ3v) is 3.35. The summed E-state index contributed by atoms with van der Waals surface area (Å²) < 4.78 is 5.54. The number of nitrogens with zero attached hydrogens (tertiary/aromatic N) is 1. The standard InChI is InChI=1S/C11H24N2O/c1-10(2)14-8-7-13(3)11(9-12)5-4-6-11/h10H,4-9,12H2,1-3H3. The number of ether oxygens (including phenoxy) is 1. The summed E-state index contributed by atoms with van der Waals surface area (Å²) in [5, 5.41) is 0. The molecule has 3 heteroatoms. The second-order valence-electron chi connectivity index (χ2n) is 4.62. The van der Waals surface area contributed by atoms with E-state index in [0.29, 0.717) is 11.6 Å². The Morgan fingerprint density at radius 2 is 2.07 bits per heavy atom. The van der Waals surface area contributed by atoms with E-state index in [2.05, 4.69) is 25.8 Å². The molecular weight excluding hydrogens is 176 g/mol. The predicted molar refractivity (Wildman–Crippen MR) is 59.4 cm³/mol. The third-order valence-electron chi connectivity index (χ3n) is 3.35. The summed E-state index contributed by atoms with van der Waals surface area (Å²) in [5.41, 5.74) is 6.11. The summed E-state index contributed by atoms with van der Waals surface area (Å²) in [7, 11) is 2.16. The molecule has 84 valence electrons. The van der Waals surface area contributed by atoms with E-state index in [1.807, 2.05) is 0 Å². The van der Waals surface area contributed by atoms with Gasteiger partial charge in [-0.05, 0) is 40.2 Å². The monoisotopic (exact) mass is 200 g/mol. The fourth-order valence-electron chi connectivity index (χ4n) is 1.99. The highest BCUT2D eigenvalue weighted by Crippen LogP contribution is 2.35. The van der Waals surface area contributed by atoms with E-state index < -0.39 is 0 Å². The van der Waals surface area contributed by atoms with Crippen molar-refractivity contribution >= 4 is 0 Å². The molecule has 0 unspecified atom stereocenters. The van der Waals surface area contributed by atoms with Gasteiger partial charge in [0.25, 0.3) is 0 Å². The molecule has 3 nitrogen and oxygen atoms in total. The highest BCUT2D eigenvalue weighted by Gasteiger charge is 2.38. The first-order chi connectivity index (χ1) is 6.60. The van der Waals surface area contributed by atoms with Crippen LogP contribution in [0.2, 0.25) is 0 Å². The van der Waals surface area contributed by atoms with Crippen molar-refractivity contribution in [3.63, 3.8) is 0 Å². The second kappa shape index (κ2) is 5.10. The van der Waals surface area contributed by atoms with E-state index in [9.17, 15) is 0 Å². The van der Waals surface area contributed by atoms with E-state index in [1.165, 1.54) is 19.3 Å². The van der Waals surface area contributed by atoms with E-state index in [4.69, 9.17) is 10.5 Å². The highest BCUT2D eigenvalue weighted by atomic mass is 16.5. The van der Waals surface area contributed by atoms with Crippen LogP contribution in [0.4, 0.5) is 0 Å². The van der Waals surface area contributed by atoms with E-state index in [1.54, 1.807) is 0 Å². The second-order valence-corrected chi connectivity index (χ2v) is 4.62. The highest BCUT2D eigenvalue weighted by molar-refractivity contribution is 4.97. The fourth-order valence-corrected chi connectivity index (χ4v) is 1.99. The first kappa shape index (κ1) is 12.0. The van der Waals surface area contributed by atoms with Crippen molar-refractivity contribution in [2.24, 2.45) is 5.73 Å². The third kappa shape index (κ3) is 2.69. The summed E-state index contributed by atoms with van der Waals surface area (Å²) in [6.07, 6.45) is 4.16. The lowest BCUT2D eigenvalue weighted by molar-refractivity contribution is 0.00378. The van der Waals surface area contributed by atoms with Gasteiger partial charge in [-0.25, -0.2) is 0 Å². The van der Waals surface area contributed by atoms with Gasteiger partial charge in [-0.3, -0.25) is 4.90 Å². The normalized spacial score (nSPS) is 20.1. The molecule has 1 saturated carbocycles. The van der Waals surface area contributed by atoms with Crippen molar-refractivity contribution in [3.8, 4) is 0 Å². The van der Waals surface area contributed by atoms with Gasteiger partial charge in [0.15, 0.2) is 0 Å². The summed E-state index contributed by atoms with van der Waals surface area (Å²) in [5.74, 6) is 0. The SMILES string of the molecule is CC(C)OCCN(C)C1(CN)CCC1. The Balaban J connectivity index is 2.23. The number of hydrogen-bond acceptors (Lipinski definition) is 3. The van der Waals surface area contributed by atoms with Crippen molar-refractivity contribution in [3.05, 3.63) is 0 Å². The number of hydrogen-bond donors (Lipinski definition) is 1. The molecule has 2 N–H and O–H groups in total. The van der Waals surface area contributed by atoms with Gasteiger partial charge in [-0.2, -0.15) is 0 Å². The number of likely N-dealkylation sites (N-methyl/N-ethyl adjacent to an activating group) is 1. The Labute approximate surface area is 87.6 Å². The zero-order valence-electron chi connectivity index (χ0n) is 9.75. The van der Waals surface area contributed by atoms with E-state index in [0.717, 1.165) is 19.7 Å². The molecule has 0 aromatic carbocycles. The van der Waals surface area contributed by atoms with Gasteiger partial charge in [0.2, 0.25) is 0 Å². The van der Waals surface area contributed by atoms with Crippen LogP contribution in [0, 0.1) is 0 Å². The Bertz CT molecular complexity index is 161. The Morgan fingerprint density at radius 3 is 2.43 bits per heavy atom. The van der Waals surface area contributed by atoms with Gasteiger partial charge in [0.05, 0.1) is 12.7 Å². The lowest BCUT2D eigenvalue weighted by Gasteiger charge is -2.48. The molecule has 0 atom stereocenters. The molecule has 0 aliphatic heterocycles. The molecule has 0 heterocycles. The smallest absolute Gasteiger partial charge is 0.0597 e. The Morgan fingerprint density at radius 1 is 1.43 bits per heavy atom. The quantitative estimate of drug-likeness (QED) is 0.701. The molecule has 14 heavy (non-hydrogen) atoms. The van der Waals surface area contributed by atoms with Gasteiger partial charge in [-0.1, -0.05) is 0 Å². The average Bonchev–Trinajstić information content (AvgIpc) is 2.02. The van der Waals surface area contributed by atoms with Crippen molar-refractivity contribution in [1.82, 2.24) is 4.90 Å². The summed E-state index contributed by atoms with van der Waals surface area (Å²) >= 11 is 0. The zero-order chi connectivity index (χ0) is 10.6. The molecule has 0 radical (unpaired) electrons. The van der Waals surface area contributed by atoms with Gasteiger partial charge in [0, 0.05) is 18.6 Å². The topological polar surface area (TPSA) is 38.5 Å². The summed E-state index contributed by atoms with van der Waals surface area (Å²) in [6, 6.07) is 0. The first-order valence-electron chi connectivity index (χ1n) is 5.64. The summed E-state index contributed by atoms with van der Waals surface area (Å²) in [4.78, 5) is 2.37. The van der Waals surface area contributed by atoms with Gasteiger partial charge >= 0.3 is 0 Å². The van der Waals surface area contributed by atoms with Crippen LogP contribution in [-0.2, 0) is 4.74 Å². The average molecular weight is 200 g/mol. The molecule has 0 saturated heterocycles. The van der Waals surface area contributed by atoms with Crippen molar-refractivity contribution in [2.45, 2.75) is 44.8 Å². The maximum absolute atomic E-state index is 5.82. The van der Waals surface area contributed by atoms with Crippen LogP contribution in [0.15, 0.2) is 0 Å². The van der Waals surface area contributed by atoms with Crippen LogP contribution in [0.5, 0.6) is 0 Å². The lowest BCUT2D eigenvalue weighted by atomic mass is 9.75. The minimum atomic E-state index is 0.292. The molecule has 1 aliphatic carbocycles. The minimum Gasteiger partial charge on any atom is -0.377 e. The number of rotatable bonds is 6. The van der Waals surface area contributed by atoms with Crippen LogP contribution >= 0.6 is 0 Å². The summed E-state index contributed by atoms with van der Waals surface area (Å²) in [6.45, 7) is 6.74. The Hall–Kier alpha value is -0.120. The lowest BCUT2D eigenvalue weighted by Crippen LogP contribution is -2.57. The van der Waals surface area contributed by atoms with Gasteiger partial charge in [-0.15, -0.1) is 0 Å². The molecule has 0 amide bonds. The maximum Gasteiger partial charge on any atom is 0.0597 e. The van der Waals surface area contributed by atoms with E-state index >= 15 is 0 Å². The van der Waals surface area contributed by atoms with Crippen LogP contribution in [-0.4, -0.2) is 43.3 Å². The predicted octanol–water partition coefficient (Wildman–Crippen LogP) is 1.22. The van der Waals surface area contributed by atoms with Crippen LogP contribution in [0.1, 0.15) is 33.1 Å². The minimum absolute atomic E-state index is 0.292. The zero-order valence-corrected chi connectivity index (χ0v) is 9.75. The molecule has 1 aliphatic rings. The number of nitrogens with two attached hydrogens (primary N) is 1. The van der Waals surface area contributed by atoms with E-state index in [-0.39, 0.29) is 0 Å². The molecule has 1 rings (SSSR count). The maximum atomic E-state index is 5.82. The van der Waals surface area contributed by atoms with Gasteiger partial charge in [0.1, 0.15) is 0 Å². The fraction of sp³-hybridized carbons (Fsp3) is 1.00. The van der Waals surface area contributed by atoms with Crippen LogP contribution in [0.25, 0.3) is 0 Å². The molecule has 1 fully saturated rings. The molecule has 0 aromatic rings. The van der Waals surface area contributed by atoms with Crippen molar-refractivity contribution in [2.75, 3.05) is 26.7 Å². The van der Waals surface area contributed by atoms with Crippen LogP contribution < -0.4 is 5.73 Å². The molecule has 0 spiro atoms. The molecule has 0 aromatic heterocycles. The molecule has 0 bridgehead atoms. The first-order valence-corrected chi connectivity index (χ1v) is 5.64. The van der Waals surface area contributed by atoms with Crippen LogP contribution in [0.3, 0.4) is 0 Å². The Kier molecular flexibility index (Phi) is 4.35. The van der Waals surface area contributed by atoms with Crippen molar-refractivity contribution < 1.29 is 4.74 Å². The molecular formula is C11H24N2O.